The molecule has 4 amide bonds. The van der Waals surface area contributed by atoms with Crippen molar-refractivity contribution in [2.24, 2.45) is 0 Å². The maximum absolute atomic E-state index is 14.4. The molecule has 4 aromatic carbocycles. The Bertz CT molecular complexity index is 2620. The molecule has 0 aromatic heterocycles. The number of hydrogen-bond acceptors (Lipinski definition) is 8. The SMILES string of the molecule is Cc1ccc(Cc2ccc(N3C(=O)c4ccc(S(=O)(=O)c5ccc6c(c5)C(=O)N(C)C6=O)cc4C3=O)c(C(O)(C(F)(F)F)C(F)(F)F)c2)cc1C(O)(C(F)(F)F)C(F)(F)F. The summed E-state index contributed by atoms with van der Waals surface area (Å²) < 4.78 is 196. The molecule has 0 unspecified atom stereocenters. The minimum absolute atomic E-state index is 0.0354. The van der Waals surface area contributed by atoms with Crippen LogP contribution in [0.25, 0.3) is 0 Å². The lowest BCUT2D eigenvalue weighted by molar-refractivity contribution is -0.376. The van der Waals surface area contributed by atoms with Crippen LogP contribution in [-0.4, -0.2) is 78.9 Å². The monoisotopic (exact) mass is 882 g/mol. The van der Waals surface area contributed by atoms with Gasteiger partial charge in [-0.25, -0.2) is 13.3 Å². The van der Waals surface area contributed by atoms with Gasteiger partial charge in [0.05, 0.1) is 37.7 Å². The van der Waals surface area contributed by atoms with Crippen LogP contribution in [0.4, 0.5) is 58.4 Å². The van der Waals surface area contributed by atoms with E-state index in [0.29, 0.717) is 35.2 Å². The molecule has 2 aliphatic rings. The summed E-state index contributed by atoms with van der Waals surface area (Å²) in [5.74, 6) is -4.94. The lowest BCUT2D eigenvalue weighted by Crippen LogP contribution is -2.54. The summed E-state index contributed by atoms with van der Waals surface area (Å²) >= 11 is 0. The van der Waals surface area contributed by atoms with Gasteiger partial charge in [-0.15, -0.1) is 0 Å². The molecule has 2 N–H and O–H groups in total. The summed E-state index contributed by atoms with van der Waals surface area (Å²) in [6.45, 7) is 0.749. The van der Waals surface area contributed by atoms with Crippen molar-refractivity contribution >= 4 is 39.2 Å². The van der Waals surface area contributed by atoms with Crippen molar-refractivity contribution in [3.05, 3.63) is 123 Å². The Hall–Kier alpha value is -5.81. The molecule has 6 rings (SSSR count). The van der Waals surface area contributed by atoms with E-state index < -0.39 is 130 Å². The quantitative estimate of drug-likeness (QED) is 0.148. The molecule has 0 spiro atoms. The third kappa shape index (κ3) is 6.40. The predicted octanol–water partition coefficient (Wildman–Crippen LogP) is 7.07. The maximum atomic E-state index is 14.4. The van der Waals surface area contributed by atoms with E-state index in [4.69, 9.17) is 0 Å². The molecule has 23 heteroatoms. The third-order valence-electron chi connectivity index (χ3n) is 9.97. The number of anilines is 1. The molecule has 2 aliphatic heterocycles. The number of nitrogens with zero attached hydrogens (tertiary/aromatic N) is 2. The normalized spacial score (nSPS) is 15.6. The highest BCUT2D eigenvalue weighted by Gasteiger charge is 2.73. The van der Waals surface area contributed by atoms with Crippen LogP contribution in [0.1, 0.15) is 69.2 Å². The fraction of sp³-hybridized carbons (Fsp3) is 0.243. The maximum Gasteiger partial charge on any atom is 0.430 e. The van der Waals surface area contributed by atoms with E-state index in [-0.39, 0.29) is 28.2 Å². The lowest BCUT2D eigenvalue weighted by atomic mass is 9.85. The zero-order valence-electron chi connectivity index (χ0n) is 29.8. The van der Waals surface area contributed by atoms with Crippen LogP contribution >= 0.6 is 0 Å². The molecule has 0 radical (unpaired) electrons. The van der Waals surface area contributed by atoms with Crippen molar-refractivity contribution in [1.82, 2.24) is 4.90 Å². The van der Waals surface area contributed by atoms with Gasteiger partial charge < -0.3 is 10.2 Å². The molecule has 0 aliphatic carbocycles. The Balaban J connectivity index is 1.46. The van der Waals surface area contributed by atoms with Crippen LogP contribution in [0.5, 0.6) is 0 Å². The number of sulfone groups is 1. The average molecular weight is 883 g/mol. The second-order valence-corrected chi connectivity index (χ2v) is 15.6. The standard InChI is InChI=1S/C37H22F12N2O8S/c1-16-3-4-17(12-25(16)32(56,34(38,39)40)35(41,42)43)11-18-5-10-27(26(13-18)33(57,36(44,45)46)37(47,48)49)51-30(54)22-9-7-20(15-24(22)31(51)55)60(58,59)19-6-8-21-23(14-19)29(53)50(2)28(21)52/h3-10,12-15,56-57H,11H2,1-2H3. The first kappa shape index (κ1) is 43.8. The number of alkyl halides is 12. The second-order valence-electron chi connectivity index (χ2n) is 13.6. The van der Waals surface area contributed by atoms with E-state index in [0.717, 1.165) is 44.3 Å². The lowest BCUT2D eigenvalue weighted by Gasteiger charge is -2.35. The Morgan fingerprint density at radius 1 is 0.517 bits per heavy atom. The van der Waals surface area contributed by atoms with E-state index in [1.54, 1.807) is 0 Å². The van der Waals surface area contributed by atoms with Gasteiger partial charge in [-0.2, -0.15) is 52.7 Å². The summed E-state index contributed by atoms with van der Waals surface area (Å²) in [5.41, 5.74) is -21.2. The molecule has 318 valence electrons. The molecule has 0 saturated carbocycles. The van der Waals surface area contributed by atoms with Crippen LogP contribution in [0.3, 0.4) is 0 Å². The van der Waals surface area contributed by atoms with Gasteiger partial charge in [0.1, 0.15) is 0 Å². The smallest absolute Gasteiger partial charge is 0.369 e. The van der Waals surface area contributed by atoms with Gasteiger partial charge >= 0.3 is 24.7 Å². The van der Waals surface area contributed by atoms with Gasteiger partial charge in [-0.3, -0.25) is 24.1 Å². The summed E-state index contributed by atoms with van der Waals surface area (Å²) in [5, 5.41) is 20.5. The van der Waals surface area contributed by atoms with Gasteiger partial charge in [0, 0.05) is 18.2 Å². The first-order chi connectivity index (χ1) is 27.3. The molecular weight excluding hydrogens is 860 g/mol. The van der Waals surface area contributed by atoms with E-state index in [9.17, 15) is 90.5 Å². The number of imide groups is 2. The number of benzene rings is 4. The Labute approximate surface area is 328 Å². The highest BCUT2D eigenvalue weighted by atomic mass is 32.2. The fourth-order valence-electron chi connectivity index (χ4n) is 6.76. The van der Waals surface area contributed by atoms with Crippen LogP contribution in [-0.2, 0) is 27.5 Å². The number of rotatable bonds is 7. The first-order valence-electron chi connectivity index (χ1n) is 16.5. The predicted molar refractivity (Wildman–Crippen MR) is 178 cm³/mol. The summed E-state index contributed by atoms with van der Waals surface area (Å²) in [7, 11) is -3.62. The topological polar surface area (TPSA) is 149 Å². The number of aryl methyl sites for hydroxylation is 1. The van der Waals surface area contributed by atoms with Gasteiger partial charge in [0.25, 0.3) is 34.8 Å². The van der Waals surface area contributed by atoms with Gasteiger partial charge in [0.2, 0.25) is 9.84 Å². The van der Waals surface area contributed by atoms with E-state index in [1.165, 1.54) is 0 Å². The highest BCUT2D eigenvalue weighted by molar-refractivity contribution is 7.91. The number of carbonyl (C=O) groups excluding carboxylic acids is 4. The summed E-state index contributed by atoms with van der Waals surface area (Å²) in [6, 6.07) is 7.37. The van der Waals surface area contributed by atoms with Crippen LogP contribution < -0.4 is 4.90 Å². The molecule has 0 bridgehead atoms. The third-order valence-corrected chi connectivity index (χ3v) is 11.7. The zero-order valence-corrected chi connectivity index (χ0v) is 30.6. The van der Waals surface area contributed by atoms with Crippen molar-refractivity contribution in [2.75, 3.05) is 11.9 Å². The molecular formula is C37H22F12N2O8S. The van der Waals surface area contributed by atoms with Crippen molar-refractivity contribution < 1.29 is 90.5 Å². The summed E-state index contributed by atoms with van der Waals surface area (Å²) in [4.78, 5) is 51.1. The number of fused-ring (bicyclic) bond motifs is 2. The summed E-state index contributed by atoms with van der Waals surface area (Å²) in [6.07, 6.45) is -27.2. The van der Waals surface area contributed by atoms with Gasteiger partial charge in [-0.05, 0) is 78.6 Å². The Morgan fingerprint density at radius 3 is 1.38 bits per heavy atom. The molecule has 0 atom stereocenters. The van der Waals surface area contributed by atoms with Crippen LogP contribution in [0.15, 0.2) is 82.6 Å². The highest BCUT2D eigenvalue weighted by Crippen LogP contribution is 2.54. The number of halogens is 12. The number of amides is 4. The van der Waals surface area contributed by atoms with E-state index in [1.807, 2.05) is 0 Å². The Morgan fingerprint density at radius 2 is 0.900 bits per heavy atom. The Kier molecular flexibility index (Phi) is 9.92. The molecule has 10 nitrogen and oxygen atoms in total. The minimum atomic E-state index is -6.69. The fourth-order valence-corrected chi connectivity index (χ4v) is 8.08. The van der Waals surface area contributed by atoms with Crippen molar-refractivity contribution in [3.63, 3.8) is 0 Å². The van der Waals surface area contributed by atoms with Crippen molar-refractivity contribution in [2.45, 2.75) is 59.0 Å². The number of carbonyl (C=O) groups is 4. The molecule has 0 saturated heterocycles. The van der Waals surface area contributed by atoms with Crippen molar-refractivity contribution in [1.29, 1.82) is 0 Å². The minimum Gasteiger partial charge on any atom is -0.369 e. The number of aliphatic hydroxyl groups is 2. The van der Waals surface area contributed by atoms with E-state index >= 15 is 0 Å². The van der Waals surface area contributed by atoms with Gasteiger partial charge in [0.15, 0.2) is 0 Å². The number of hydrogen-bond donors (Lipinski definition) is 2. The van der Waals surface area contributed by atoms with Crippen LogP contribution in [0, 0.1) is 6.92 Å². The average Bonchev–Trinajstić information content (AvgIpc) is 3.52. The zero-order chi connectivity index (χ0) is 45.1. The molecule has 2 heterocycles. The molecule has 4 aromatic rings. The van der Waals surface area contributed by atoms with Crippen LogP contribution in [0.2, 0.25) is 0 Å². The van der Waals surface area contributed by atoms with Gasteiger partial charge in [-0.1, -0.05) is 24.3 Å². The first-order valence-corrected chi connectivity index (χ1v) is 18.0. The largest absolute Gasteiger partial charge is 0.430 e. The van der Waals surface area contributed by atoms with Crippen molar-refractivity contribution in [3.8, 4) is 0 Å². The molecule has 60 heavy (non-hydrogen) atoms. The molecule has 0 fully saturated rings. The van der Waals surface area contributed by atoms with E-state index in [2.05, 4.69) is 0 Å². The second kappa shape index (κ2) is 13.6.